The van der Waals surface area contributed by atoms with Crippen molar-refractivity contribution in [1.29, 1.82) is 0 Å². The molecule has 0 radical (unpaired) electrons. The molecular formula is C34H49F3N2O3S. The van der Waals surface area contributed by atoms with Gasteiger partial charge in [-0.1, -0.05) is 57.2 Å². The second-order valence-electron chi connectivity index (χ2n) is 12.6. The highest BCUT2D eigenvalue weighted by molar-refractivity contribution is 8.02. The molecule has 2 aromatic carbocycles. The first-order chi connectivity index (χ1) is 20.2. The molecular weight excluding hydrogens is 573 g/mol. The molecule has 2 aromatic rings. The Bertz CT molecular complexity index is 1240. The van der Waals surface area contributed by atoms with Crippen molar-refractivity contribution in [2.24, 2.45) is 5.92 Å². The van der Waals surface area contributed by atoms with E-state index < -0.39 is 26.9 Å². The molecule has 240 valence electrons. The van der Waals surface area contributed by atoms with Gasteiger partial charge in [-0.3, -0.25) is 9.00 Å². The molecule has 0 spiro atoms. The Morgan fingerprint density at radius 1 is 1.05 bits per heavy atom. The third-order valence-electron chi connectivity index (χ3n) is 8.05. The van der Waals surface area contributed by atoms with Gasteiger partial charge in [-0.15, -0.1) is 0 Å². The molecule has 4 rings (SSSR count). The largest absolute Gasteiger partial charge is 0.389 e. The number of aryl methyl sites for hydroxylation is 1. The molecule has 2 unspecified atom stereocenters. The summed E-state index contributed by atoms with van der Waals surface area (Å²) in [5.74, 6) is 4.79. The lowest BCUT2D eigenvalue weighted by Crippen LogP contribution is -2.58. The van der Waals surface area contributed by atoms with Gasteiger partial charge >= 0.3 is 6.18 Å². The fourth-order valence-corrected chi connectivity index (χ4v) is 7.71. The van der Waals surface area contributed by atoms with Crippen LogP contribution in [0.15, 0.2) is 53.4 Å². The van der Waals surface area contributed by atoms with E-state index in [2.05, 4.69) is 36.9 Å². The number of rotatable bonds is 9. The number of piperidine rings is 1. The zero-order valence-electron chi connectivity index (χ0n) is 26.2. The Morgan fingerprint density at radius 3 is 2.12 bits per heavy atom. The quantitative estimate of drug-likeness (QED) is 0.303. The second-order valence-corrected chi connectivity index (χ2v) is 15.2. The van der Waals surface area contributed by atoms with Crippen LogP contribution in [0, 0.1) is 5.92 Å². The predicted octanol–water partition coefficient (Wildman–Crippen LogP) is 7.13. The van der Waals surface area contributed by atoms with Crippen molar-refractivity contribution in [1.82, 2.24) is 10.2 Å². The van der Waals surface area contributed by atoms with E-state index >= 15 is 0 Å². The van der Waals surface area contributed by atoms with E-state index in [1.807, 2.05) is 43.4 Å². The molecule has 0 saturated carbocycles. The number of nitrogens with zero attached hydrogens (tertiary/aromatic N) is 1. The van der Waals surface area contributed by atoms with E-state index in [1.54, 1.807) is 12.1 Å². The summed E-state index contributed by atoms with van der Waals surface area (Å²) in [5.41, 5.74) is 2.66. The first-order valence-corrected chi connectivity index (χ1v) is 17.2. The second kappa shape index (κ2) is 15.6. The molecule has 1 amide bonds. The van der Waals surface area contributed by atoms with Crippen molar-refractivity contribution in [3.63, 3.8) is 0 Å². The molecule has 0 bridgehead atoms. The molecule has 2 heterocycles. The Morgan fingerprint density at radius 2 is 1.60 bits per heavy atom. The molecule has 0 aromatic heterocycles. The standard InChI is InChI=1S/C30H39F3N2O3S.C4H10/c1-35-19-17-29(18-20-35,28(36)34-22-26-7-3-4-21-38-26)39(2,37)27-14-12-25(13-15-27)24-10-8-23(9-11-24)6-5-16-30(31,32)33;1-4(2)3/h8-15,26H,2-7,16-22H2,1H3,(H,34,36);4H,1-3H3. The van der Waals surface area contributed by atoms with Crippen LogP contribution in [0.25, 0.3) is 11.1 Å². The number of hydrogen-bond acceptors (Lipinski definition) is 4. The maximum absolute atomic E-state index is 14.4. The minimum absolute atomic E-state index is 0.0119. The molecule has 9 heteroatoms. The van der Waals surface area contributed by atoms with Crippen LogP contribution in [0.2, 0.25) is 0 Å². The van der Waals surface area contributed by atoms with Crippen molar-refractivity contribution in [3.8, 4) is 11.1 Å². The van der Waals surface area contributed by atoms with E-state index in [1.165, 1.54) is 0 Å². The highest BCUT2D eigenvalue weighted by Gasteiger charge is 2.48. The molecule has 2 saturated heterocycles. The van der Waals surface area contributed by atoms with Gasteiger partial charge in [-0.2, -0.15) is 13.2 Å². The molecule has 43 heavy (non-hydrogen) atoms. The van der Waals surface area contributed by atoms with E-state index in [-0.39, 0.29) is 18.4 Å². The van der Waals surface area contributed by atoms with Crippen LogP contribution in [0.5, 0.6) is 0 Å². The van der Waals surface area contributed by atoms with Crippen LogP contribution in [-0.4, -0.2) is 71.2 Å². The highest BCUT2D eigenvalue weighted by atomic mass is 32.2. The smallest absolute Gasteiger partial charge is 0.376 e. The number of amides is 1. The van der Waals surface area contributed by atoms with Gasteiger partial charge in [-0.05, 0) is 106 Å². The number of nitrogens with one attached hydrogen (secondary N) is 1. The lowest BCUT2D eigenvalue weighted by atomic mass is 9.94. The third kappa shape index (κ3) is 10.1. The summed E-state index contributed by atoms with van der Waals surface area (Å²) in [6.45, 7) is 8.94. The van der Waals surface area contributed by atoms with Crippen LogP contribution in [0.4, 0.5) is 13.2 Å². The SMILES string of the molecule is C=S(=O)(c1ccc(-c2ccc(CCCC(F)(F)F)cc2)cc1)C1(C(=O)NCC2CCCCO2)CCN(C)CC1.CC(C)C. The van der Waals surface area contributed by atoms with Gasteiger partial charge in [0, 0.05) is 34.0 Å². The monoisotopic (exact) mass is 622 g/mol. The van der Waals surface area contributed by atoms with Gasteiger partial charge in [0.1, 0.15) is 4.75 Å². The Labute approximate surface area is 256 Å². The summed E-state index contributed by atoms with van der Waals surface area (Å²) in [6, 6.07) is 14.8. The molecule has 2 atom stereocenters. The Hall–Kier alpha value is -2.36. The van der Waals surface area contributed by atoms with Crippen LogP contribution < -0.4 is 5.32 Å². The number of alkyl halides is 3. The van der Waals surface area contributed by atoms with Crippen molar-refractivity contribution in [3.05, 3.63) is 54.1 Å². The van der Waals surface area contributed by atoms with E-state index in [0.717, 1.165) is 41.9 Å². The number of benzene rings is 2. The van der Waals surface area contributed by atoms with Crippen molar-refractivity contribution < 1.29 is 26.9 Å². The average molecular weight is 623 g/mol. The van der Waals surface area contributed by atoms with Crippen molar-refractivity contribution >= 4 is 21.3 Å². The van der Waals surface area contributed by atoms with Crippen LogP contribution in [-0.2, 0) is 25.5 Å². The maximum atomic E-state index is 14.4. The molecule has 2 fully saturated rings. The van der Waals surface area contributed by atoms with E-state index in [9.17, 15) is 22.2 Å². The van der Waals surface area contributed by atoms with Crippen molar-refractivity contribution in [2.45, 2.75) is 94.1 Å². The molecule has 1 N–H and O–H groups in total. The van der Waals surface area contributed by atoms with Crippen molar-refractivity contribution in [2.75, 3.05) is 33.3 Å². The van der Waals surface area contributed by atoms with E-state index in [4.69, 9.17) is 4.74 Å². The van der Waals surface area contributed by atoms with Gasteiger partial charge in [0.15, 0.2) is 0 Å². The van der Waals surface area contributed by atoms with E-state index in [0.29, 0.717) is 50.4 Å². The van der Waals surface area contributed by atoms with Crippen LogP contribution in [0.3, 0.4) is 0 Å². The summed E-state index contributed by atoms with van der Waals surface area (Å²) in [4.78, 5) is 16.4. The fourth-order valence-electron chi connectivity index (χ4n) is 5.47. The minimum atomic E-state index is -4.13. The Kier molecular flexibility index (Phi) is 12.7. The summed E-state index contributed by atoms with van der Waals surface area (Å²) in [7, 11) is -1.000. The van der Waals surface area contributed by atoms with Gasteiger partial charge in [0.25, 0.3) is 0 Å². The number of halogens is 3. The number of carbonyl (C=O) groups is 1. The summed E-state index contributed by atoms with van der Waals surface area (Å²) >= 11 is 0. The number of ether oxygens (including phenoxy) is 1. The summed E-state index contributed by atoms with van der Waals surface area (Å²) < 4.78 is 56.4. The maximum Gasteiger partial charge on any atom is 0.389 e. The average Bonchev–Trinajstić information content (AvgIpc) is 2.96. The predicted molar refractivity (Wildman–Crippen MR) is 171 cm³/mol. The third-order valence-corrected chi connectivity index (χ3v) is 10.9. The number of carbonyl (C=O) groups excluding carboxylic acids is 1. The normalized spacial score (nSPS) is 20.5. The summed E-state index contributed by atoms with van der Waals surface area (Å²) in [5, 5.41) is 3.05. The lowest BCUT2D eigenvalue weighted by molar-refractivity contribution is -0.135. The minimum Gasteiger partial charge on any atom is -0.376 e. The summed E-state index contributed by atoms with van der Waals surface area (Å²) in [6.07, 6.45) is -0.556. The van der Waals surface area contributed by atoms with Gasteiger partial charge < -0.3 is 15.0 Å². The first kappa shape index (κ1) is 35.1. The molecule has 5 nitrogen and oxygen atoms in total. The van der Waals surface area contributed by atoms with Gasteiger partial charge in [0.2, 0.25) is 5.91 Å². The van der Waals surface area contributed by atoms with Crippen LogP contribution in [0.1, 0.15) is 71.3 Å². The molecule has 0 aliphatic carbocycles. The number of likely N-dealkylation sites (tertiary alicyclic amines) is 1. The van der Waals surface area contributed by atoms with Gasteiger partial charge in [0.05, 0.1) is 6.10 Å². The topological polar surface area (TPSA) is 58.6 Å². The first-order valence-electron chi connectivity index (χ1n) is 15.4. The molecule has 2 aliphatic rings. The zero-order chi connectivity index (χ0) is 31.7. The Balaban J connectivity index is 0.00000119. The van der Waals surface area contributed by atoms with Gasteiger partial charge in [-0.25, -0.2) is 0 Å². The highest BCUT2D eigenvalue weighted by Crippen LogP contribution is 2.37. The lowest BCUT2D eigenvalue weighted by Gasteiger charge is -2.41. The number of hydrogen-bond donors (Lipinski definition) is 1. The van der Waals surface area contributed by atoms with Crippen LogP contribution >= 0.6 is 0 Å². The zero-order valence-corrected chi connectivity index (χ0v) is 27.0. The fraction of sp³-hybridized carbons (Fsp3) is 0.588. The molecule has 2 aliphatic heterocycles.